The van der Waals surface area contributed by atoms with Crippen LogP contribution in [0.15, 0.2) is 39.9 Å². The van der Waals surface area contributed by atoms with E-state index in [0.717, 1.165) is 10.2 Å². The molecule has 0 radical (unpaired) electrons. The predicted molar refractivity (Wildman–Crippen MR) is 65.5 cm³/mol. The summed E-state index contributed by atoms with van der Waals surface area (Å²) >= 11 is 0. The highest BCUT2D eigenvalue weighted by Crippen LogP contribution is 2.02. The van der Waals surface area contributed by atoms with Crippen molar-refractivity contribution in [2.75, 3.05) is 0 Å². The van der Waals surface area contributed by atoms with Gasteiger partial charge in [0.2, 0.25) is 0 Å². The molecule has 0 atom stereocenters. The Hall–Kier alpha value is -2.43. The second-order valence-corrected chi connectivity index (χ2v) is 3.51. The van der Waals surface area contributed by atoms with Gasteiger partial charge in [-0.3, -0.25) is 9.78 Å². The van der Waals surface area contributed by atoms with Gasteiger partial charge < -0.3 is 0 Å². The van der Waals surface area contributed by atoms with Crippen molar-refractivity contribution in [2.24, 2.45) is 7.05 Å². The lowest BCUT2D eigenvalue weighted by Crippen LogP contribution is -2.32. The molecule has 0 bridgehead atoms. The summed E-state index contributed by atoms with van der Waals surface area (Å²) in [6.45, 7) is 0. The second-order valence-electron chi connectivity index (χ2n) is 3.51. The highest BCUT2D eigenvalue weighted by atomic mass is 16.2. The summed E-state index contributed by atoms with van der Waals surface area (Å²) in [7, 11) is 1.48. The molecular weight excluding hydrogens is 218 g/mol. The summed E-state index contributed by atoms with van der Waals surface area (Å²) in [6.07, 6.45) is 3.34. The maximum absolute atomic E-state index is 11.4. The largest absolute Gasteiger partial charge is 0.344 e. The van der Waals surface area contributed by atoms with Gasteiger partial charge in [-0.25, -0.2) is 9.48 Å². The Kier molecular flexibility index (Phi) is 3.00. The molecule has 0 amide bonds. The standard InChI is InChI=1S/C12H11N3O2/c1-15-12(17)13-11(16)10(14-15)8-7-9-5-3-2-4-6-9/h2-8H,1H3,(H,13,16,17). The van der Waals surface area contributed by atoms with Crippen LogP contribution in [0.5, 0.6) is 0 Å². The predicted octanol–water partition coefficient (Wildman–Crippen LogP) is 0.639. The Balaban J connectivity index is 2.37. The first kappa shape index (κ1) is 11.1. The number of benzene rings is 1. The summed E-state index contributed by atoms with van der Waals surface area (Å²) in [4.78, 5) is 24.7. The third-order valence-electron chi connectivity index (χ3n) is 2.24. The first-order valence-electron chi connectivity index (χ1n) is 5.07. The van der Waals surface area contributed by atoms with E-state index >= 15 is 0 Å². The number of nitrogens with one attached hydrogen (secondary N) is 1. The summed E-state index contributed by atoms with van der Waals surface area (Å²) in [5.74, 6) is 0. The van der Waals surface area contributed by atoms with Crippen LogP contribution in [0.25, 0.3) is 12.2 Å². The van der Waals surface area contributed by atoms with E-state index in [9.17, 15) is 9.59 Å². The van der Waals surface area contributed by atoms with Gasteiger partial charge in [0.05, 0.1) is 0 Å². The molecule has 1 aromatic carbocycles. The molecule has 0 saturated carbocycles. The van der Waals surface area contributed by atoms with E-state index in [-0.39, 0.29) is 5.69 Å². The number of hydrogen-bond donors (Lipinski definition) is 1. The molecule has 5 nitrogen and oxygen atoms in total. The topological polar surface area (TPSA) is 67.8 Å². The summed E-state index contributed by atoms with van der Waals surface area (Å²) in [6, 6.07) is 9.53. The monoisotopic (exact) mass is 229 g/mol. The minimum absolute atomic E-state index is 0.205. The van der Waals surface area contributed by atoms with Gasteiger partial charge in [0.15, 0.2) is 0 Å². The Morgan fingerprint density at radius 2 is 1.88 bits per heavy atom. The van der Waals surface area contributed by atoms with Crippen molar-refractivity contribution >= 4 is 12.2 Å². The molecule has 0 spiro atoms. The van der Waals surface area contributed by atoms with E-state index in [0.29, 0.717) is 0 Å². The molecule has 0 aliphatic rings. The number of aromatic nitrogens is 3. The molecule has 0 saturated heterocycles. The van der Waals surface area contributed by atoms with E-state index < -0.39 is 11.2 Å². The molecule has 1 heterocycles. The van der Waals surface area contributed by atoms with Crippen LogP contribution in [0.4, 0.5) is 0 Å². The van der Waals surface area contributed by atoms with Gasteiger partial charge in [0.1, 0.15) is 5.69 Å². The zero-order valence-electron chi connectivity index (χ0n) is 9.25. The van der Waals surface area contributed by atoms with Crippen LogP contribution in [0.2, 0.25) is 0 Å². The first-order chi connectivity index (χ1) is 8.16. The lowest BCUT2D eigenvalue weighted by Gasteiger charge is -1.96. The van der Waals surface area contributed by atoms with Gasteiger partial charge in [-0.2, -0.15) is 5.10 Å². The Morgan fingerprint density at radius 1 is 1.18 bits per heavy atom. The van der Waals surface area contributed by atoms with Crippen LogP contribution < -0.4 is 11.2 Å². The molecule has 0 fully saturated rings. The minimum atomic E-state index is -0.521. The summed E-state index contributed by atoms with van der Waals surface area (Å²) in [5, 5.41) is 3.86. The van der Waals surface area contributed by atoms with Gasteiger partial charge in [0, 0.05) is 7.05 Å². The second kappa shape index (κ2) is 4.61. The van der Waals surface area contributed by atoms with E-state index in [1.54, 1.807) is 12.2 Å². The van der Waals surface area contributed by atoms with Crippen molar-refractivity contribution in [3.8, 4) is 0 Å². The molecule has 5 heteroatoms. The molecule has 1 aromatic heterocycles. The van der Waals surface area contributed by atoms with Gasteiger partial charge in [0.25, 0.3) is 5.56 Å². The summed E-state index contributed by atoms with van der Waals surface area (Å²) < 4.78 is 1.09. The van der Waals surface area contributed by atoms with Crippen molar-refractivity contribution in [1.29, 1.82) is 0 Å². The van der Waals surface area contributed by atoms with E-state index in [2.05, 4.69) is 10.1 Å². The zero-order chi connectivity index (χ0) is 12.3. The number of aryl methyl sites for hydroxylation is 1. The number of nitrogens with zero attached hydrogens (tertiary/aromatic N) is 2. The lowest BCUT2D eigenvalue weighted by atomic mass is 10.2. The molecule has 2 rings (SSSR count). The maximum atomic E-state index is 11.4. The number of H-pyrrole nitrogens is 1. The molecule has 0 aliphatic carbocycles. The smallest absolute Gasteiger partial charge is 0.271 e. The molecular formula is C12H11N3O2. The lowest BCUT2D eigenvalue weighted by molar-refractivity contribution is 0.661. The normalized spacial score (nSPS) is 10.9. The number of rotatable bonds is 2. The van der Waals surface area contributed by atoms with Gasteiger partial charge in [-0.1, -0.05) is 36.4 Å². The quantitative estimate of drug-likeness (QED) is 0.821. The third kappa shape index (κ3) is 2.57. The Morgan fingerprint density at radius 3 is 2.59 bits per heavy atom. The maximum Gasteiger partial charge on any atom is 0.344 e. The number of hydrogen-bond acceptors (Lipinski definition) is 3. The summed E-state index contributed by atoms with van der Waals surface area (Å²) in [5.41, 5.74) is 0.158. The SMILES string of the molecule is Cn1nc(C=Cc2ccccc2)c(=O)[nH]c1=O. The molecule has 0 unspecified atom stereocenters. The van der Waals surface area contributed by atoms with Gasteiger partial charge in [-0.15, -0.1) is 0 Å². The average Bonchev–Trinajstić information content (AvgIpc) is 2.33. The van der Waals surface area contributed by atoms with Gasteiger partial charge >= 0.3 is 5.69 Å². The third-order valence-corrected chi connectivity index (χ3v) is 2.24. The molecule has 0 aliphatic heterocycles. The molecule has 86 valence electrons. The highest BCUT2D eigenvalue weighted by molar-refractivity contribution is 5.67. The van der Waals surface area contributed by atoms with Crippen LogP contribution in [0.1, 0.15) is 11.3 Å². The van der Waals surface area contributed by atoms with Crippen molar-refractivity contribution in [3.63, 3.8) is 0 Å². The van der Waals surface area contributed by atoms with E-state index in [1.807, 2.05) is 30.3 Å². The van der Waals surface area contributed by atoms with E-state index in [4.69, 9.17) is 0 Å². The fraction of sp³-hybridized carbons (Fsp3) is 0.0833. The highest BCUT2D eigenvalue weighted by Gasteiger charge is 1.99. The van der Waals surface area contributed by atoms with Crippen LogP contribution in [0.3, 0.4) is 0 Å². The molecule has 2 aromatic rings. The van der Waals surface area contributed by atoms with Crippen LogP contribution in [-0.4, -0.2) is 14.8 Å². The first-order valence-corrected chi connectivity index (χ1v) is 5.07. The zero-order valence-corrected chi connectivity index (χ0v) is 9.25. The molecule has 17 heavy (non-hydrogen) atoms. The number of aromatic amines is 1. The van der Waals surface area contributed by atoms with Crippen molar-refractivity contribution in [2.45, 2.75) is 0 Å². The fourth-order valence-corrected chi connectivity index (χ4v) is 1.34. The Bertz CT molecular complexity index is 653. The van der Waals surface area contributed by atoms with Crippen molar-refractivity contribution in [3.05, 3.63) is 62.4 Å². The van der Waals surface area contributed by atoms with Crippen LogP contribution in [-0.2, 0) is 7.05 Å². The van der Waals surface area contributed by atoms with E-state index in [1.165, 1.54) is 7.05 Å². The van der Waals surface area contributed by atoms with Crippen molar-refractivity contribution < 1.29 is 0 Å². The molecule has 1 N–H and O–H groups in total. The van der Waals surface area contributed by atoms with Crippen LogP contribution >= 0.6 is 0 Å². The van der Waals surface area contributed by atoms with Gasteiger partial charge in [-0.05, 0) is 11.6 Å². The average molecular weight is 229 g/mol. The Labute approximate surface area is 97.1 Å². The minimum Gasteiger partial charge on any atom is -0.271 e. The van der Waals surface area contributed by atoms with Crippen LogP contribution in [0, 0.1) is 0 Å². The van der Waals surface area contributed by atoms with Crippen molar-refractivity contribution in [1.82, 2.24) is 14.8 Å². The fourth-order valence-electron chi connectivity index (χ4n) is 1.34.